The summed E-state index contributed by atoms with van der Waals surface area (Å²) in [6, 6.07) is 6.15. The average Bonchev–Trinajstić information content (AvgIpc) is 2.48. The van der Waals surface area contributed by atoms with E-state index in [0.29, 0.717) is 18.0 Å². The van der Waals surface area contributed by atoms with Crippen LogP contribution in [0.4, 0.5) is 0 Å². The molecule has 0 spiro atoms. The quantitative estimate of drug-likeness (QED) is 0.772. The van der Waals surface area contributed by atoms with E-state index in [2.05, 4.69) is 10.0 Å². The maximum absolute atomic E-state index is 12.2. The van der Waals surface area contributed by atoms with E-state index < -0.39 is 10.0 Å². The van der Waals surface area contributed by atoms with Crippen LogP contribution >= 0.6 is 12.4 Å². The molecule has 1 heterocycles. The Morgan fingerprint density at radius 3 is 2.82 bits per heavy atom. The Morgan fingerprint density at radius 1 is 1.41 bits per heavy atom. The highest BCUT2D eigenvalue weighted by molar-refractivity contribution is 7.89. The van der Waals surface area contributed by atoms with Gasteiger partial charge in [0.25, 0.3) is 0 Å². The summed E-state index contributed by atoms with van der Waals surface area (Å²) in [4.78, 5) is 11.5. The van der Waals surface area contributed by atoms with Gasteiger partial charge in [-0.1, -0.05) is 12.1 Å². The second-order valence-electron chi connectivity index (χ2n) is 5.48. The summed E-state index contributed by atoms with van der Waals surface area (Å²) < 4.78 is 27.0. The molecule has 0 aromatic heterocycles. The summed E-state index contributed by atoms with van der Waals surface area (Å²) in [6.45, 7) is 3.87. The van der Waals surface area contributed by atoms with Crippen molar-refractivity contribution in [1.82, 2.24) is 10.0 Å². The minimum Gasteiger partial charge on any atom is -0.316 e. The second kappa shape index (κ2) is 8.62. The van der Waals surface area contributed by atoms with E-state index in [1.165, 1.54) is 19.1 Å². The van der Waals surface area contributed by atoms with Gasteiger partial charge in [-0.2, -0.15) is 0 Å². The number of hydrogen-bond acceptors (Lipinski definition) is 4. The number of nitrogens with one attached hydrogen (secondary N) is 2. The number of carbonyl (C=O) groups is 1. The fourth-order valence-electron chi connectivity index (χ4n) is 2.53. The molecule has 1 aromatic carbocycles. The normalized spacial score (nSPS) is 18.5. The van der Waals surface area contributed by atoms with Crippen molar-refractivity contribution in [2.75, 3.05) is 19.6 Å². The van der Waals surface area contributed by atoms with Crippen molar-refractivity contribution >= 4 is 28.2 Å². The highest BCUT2D eigenvalue weighted by atomic mass is 35.5. The Morgan fingerprint density at radius 2 is 2.18 bits per heavy atom. The highest BCUT2D eigenvalue weighted by Gasteiger charge is 2.17. The maximum atomic E-state index is 12.2. The number of Topliss-reactive ketones (excluding diaryl/α,β-unsaturated/α-hetero) is 1. The van der Waals surface area contributed by atoms with Gasteiger partial charge in [0.15, 0.2) is 5.78 Å². The van der Waals surface area contributed by atoms with Gasteiger partial charge in [-0.3, -0.25) is 4.79 Å². The minimum absolute atomic E-state index is 0. The molecule has 1 aliphatic heterocycles. The van der Waals surface area contributed by atoms with Crippen molar-refractivity contribution in [3.63, 3.8) is 0 Å². The monoisotopic (exact) mass is 346 g/mol. The second-order valence-corrected chi connectivity index (χ2v) is 7.25. The summed E-state index contributed by atoms with van der Waals surface area (Å²) in [5.41, 5.74) is 0.411. The number of ketones is 1. The molecule has 1 atom stereocenters. The molecule has 1 aliphatic rings. The summed E-state index contributed by atoms with van der Waals surface area (Å²) in [6.07, 6.45) is 3.13. The third-order valence-electron chi connectivity index (χ3n) is 3.79. The Bertz CT molecular complexity index is 599. The van der Waals surface area contributed by atoms with Crippen LogP contribution in [0.3, 0.4) is 0 Å². The van der Waals surface area contributed by atoms with Crippen LogP contribution < -0.4 is 10.0 Å². The van der Waals surface area contributed by atoms with Gasteiger partial charge in [0.05, 0.1) is 4.90 Å². The molecule has 22 heavy (non-hydrogen) atoms. The third kappa shape index (κ3) is 5.35. The van der Waals surface area contributed by atoms with E-state index in [4.69, 9.17) is 0 Å². The van der Waals surface area contributed by atoms with E-state index in [0.717, 1.165) is 32.4 Å². The Labute approximate surface area is 138 Å². The summed E-state index contributed by atoms with van der Waals surface area (Å²) in [7, 11) is -3.54. The molecule has 1 fully saturated rings. The van der Waals surface area contributed by atoms with Gasteiger partial charge < -0.3 is 5.32 Å². The van der Waals surface area contributed by atoms with Crippen molar-refractivity contribution in [2.45, 2.75) is 31.1 Å². The zero-order chi connectivity index (χ0) is 15.3. The lowest BCUT2D eigenvalue weighted by atomic mass is 9.96. The zero-order valence-electron chi connectivity index (χ0n) is 12.7. The molecule has 1 saturated heterocycles. The van der Waals surface area contributed by atoms with Crippen LogP contribution in [-0.2, 0) is 10.0 Å². The van der Waals surface area contributed by atoms with Gasteiger partial charge in [0.2, 0.25) is 10.0 Å². The topological polar surface area (TPSA) is 75.3 Å². The number of halogens is 1. The largest absolute Gasteiger partial charge is 0.316 e. The van der Waals surface area contributed by atoms with Crippen molar-refractivity contribution in [1.29, 1.82) is 0 Å². The molecule has 7 heteroatoms. The van der Waals surface area contributed by atoms with Crippen LogP contribution in [0, 0.1) is 5.92 Å². The fourth-order valence-corrected chi connectivity index (χ4v) is 3.63. The molecule has 5 nitrogen and oxygen atoms in total. The van der Waals surface area contributed by atoms with E-state index in [-0.39, 0.29) is 23.1 Å². The number of piperidine rings is 1. The molecule has 124 valence electrons. The van der Waals surface area contributed by atoms with Crippen LogP contribution in [-0.4, -0.2) is 33.8 Å². The Kier molecular flexibility index (Phi) is 7.48. The lowest BCUT2D eigenvalue weighted by molar-refractivity contribution is 0.101. The molecule has 0 aliphatic carbocycles. The standard InChI is InChI=1S/C15H22N2O3S.ClH/c1-12(18)14-5-2-6-15(10-14)21(19,20)17-9-7-13-4-3-8-16-11-13;/h2,5-6,10,13,16-17H,3-4,7-9,11H2,1H3;1H. The molecule has 1 unspecified atom stereocenters. The van der Waals surface area contributed by atoms with E-state index in [9.17, 15) is 13.2 Å². The third-order valence-corrected chi connectivity index (χ3v) is 5.25. The first-order valence-electron chi connectivity index (χ1n) is 7.30. The van der Waals surface area contributed by atoms with Crippen LogP contribution in [0.5, 0.6) is 0 Å². The van der Waals surface area contributed by atoms with Crippen molar-refractivity contribution in [3.05, 3.63) is 29.8 Å². The van der Waals surface area contributed by atoms with Crippen molar-refractivity contribution < 1.29 is 13.2 Å². The van der Waals surface area contributed by atoms with Gasteiger partial charge in [-0.15, -0.1) is 12.4 Å². The Hall–Kier alpha value is -0.950. The van der Waals surface area contributed by atoms with Gasteiger partial charge >= 0.3 is 0 Å². The molecular formula is C15H23ClN2O3S. The SMILES string of the molecule is CC(=O)c1cccc(S(=O)(=O)NCCC2CCCNC2)c1.Cl. The number of benzene rings is 1. The van der Waals surface area contributed by atoms with Crippen molar-refractivity contribution in [2.24, 2.45) is 5.92 Å². The first-order chi connectivity index (χ1) is 9.99. The number of rotatable bonds is 6. The smallest absolute Gasteiger partial charge is 0.240 e. The number of carbonyl (C=O) groups excluding carboxylic acids is 1. The highest BCUT2D eigenvalue weighted by Crippen LogP contribution is 2.15. The van der Waals surface area contributed by atoms with Crippen LogP contribution in [0.25, 0.3) is 0 Å². The zero-order valence-corrected chi connectivity index (χ0v) is 14.3. The molecule has 1 aromatic rings. The fraction of sp³-hybridized carbons (Fsp3) is 0.533. The molecule has 0 bridgehead atoms. The lowest BCUT2D eigenvalue weighted by Gasteiger charge is -2.22. The minimum atomic E-state index is -3.54. The number of sulfonamides is 1. The summed E-state index contributed by atoms with van der Waals surface area (Å²) in [5, 5.41) is 3.32. The van der Waals surface area contributed by atoms with E-state index >= 15 is 0 Å². The van der Waals surface area contributed by atoms with Crippen LogP contribution in [0.15, 0.2) is 29.2 Å². The Balaban J connectivity index is 0.00000242. The van der Waals surface area contributed by atoms with Crippen LogP contribution in [0.2, 0.25) is 0 Å². The first-order valence-corrected chi connectivity index (χ1v) is 8.79. The molecule has 2 N–H and O–H groups in total. The van der Waals surface area contributed by atoms with Gasteiger partial charge in [0, 0.05) is 12.1 Å². The predicted molar refractivity (Wildman–Crippen MR) is 89.1 cm³/mol. The molecule has 0 amide bonds. The van der Waals surface area contributed by atoms with E-state index in [1.54, 1.807) is 12.1 Å². The number of hydrogen-bond donors (Lipinski definition) is 2. The van der Waals surface area contributed by atoms with Gasteiger partial charge in [-0.05, 0) is 57.3 Å². The predicted octanol–water partition coefficient (Wildman–Crippen LogP) is 1.98. The molecule has 0 saturated carbocycles. The average molecular weight is 347 g/mol. The lowest BCUT2D eigenvalue weighted by Crippen LogP contribution is -2.33. The molecule has 2 rings (SSSR count). The van der Waals surface area contributed by atoms with Gasteiger partial charge in [-0.25, -0.2) is 13.1 Å². The molecular weight excluding hydrogens is 324 g/mol. The summed E-state index contributed by atoms with van der Waals surface area (Å²) in [5.74, 6) is 0.394. The summed E-state index contributed by atoms with van der Waals surface area (Å²) >= 11 is 0. The first kappa shape index (κ1) is 19.1. The van der Waals surface area contributed by atoms with Crippen molar-refractivity contribution in [3.8, 4) is 0 Å². The van der Waals surface area contributed by atoms with Gasteiger partial charge in [0.1, 0.15) is 0 Å². The van der Waals surface area contributed by atoms with E-state index in [1.807, 2.05) is 0 Å². The van der Waals surface area contributed by atoms with Crippen LogP contribution in [0.1, 0.15) is 36.5 Å². The molecule has 0 radical (unpaired) electrons. The maximum Gasteiger partial charge on any atom is 0.240 e.